The molecule has 0 fully saturated rings. The fraction of sp³-hybridized carbons (Fsp3) is 0. The maximum absolute atomic E-state index is 6.16. The molecule has 45 heavy (non-hydrogen) atoms. The average molecular weight is 575 g/mol. The van der Waals surface area contributed by atoms with Crippen molar-refractivity contribution in [1.29, 1.82) is 0 Å². The molecule has 3 aromatic heterocycles. The highest BCUT2D eigenvalue weighted by Crippen LogP contribution is 2.38. The maximum atomic E-state index is 6.16. The zero-order valence-corrected chi connectivity index (χ0v) is 24.3. The van der Waals surface area contributed by atoms with E-state index in [1.54, 1.807) is 0 Å². The summed E-state index contributed by atoms with van der Waals surface area (Å²) in [5, 5.41) is 7.29. The molecule has 0 N–H and O–H groups in total. The third kappa shape index (κ3) is 3.52. The number of hydrogen-bond donors (Lipinski definition) is 0. The minimum atomic E-state index is 0.906. The van der Waals surface area contributed by atoms with Crippen LogP contribution >= 0.6 is 0 Å². The van der Waals surface area contributed by atoms with Crippen molar-refractivity contribution >= 4 is 65.6 Å². The van der Waals surface area contributed by atoms with E-state index in [2.05, 4.69) is 155 Å². The molecule has 0 bridgehead atoms. The highest BCUT2D eigenvalue weighted by Gasteiger charge is 2.16. The molecule has 0 atom stereocenters. The number of para-hydroxylation sites is 4. The van der Waals surface area contributed by atoms with Gasteiger partial charge in [-0.15, -0.1) is 0 Å². The second-order valence-corrected chi connectivity index (χ2v) is 11.8. The van der Waals surface area contributed by atoms with Crippen LogP contribution in [-0.4, -0.2) is 9.13 Å². The number of benzene rings is 7. The van der Waals surface area contributed by atoms with Crippen molar-refractivity contribution in [3.63, 3.8) is 0 Å². The second kappa shape index (κ2) is 9.22. The predicted molar refractivity (Wildman–Crippen MR) is 188 cm³/mol. The zero-order valence-electron chi connectivity index (χ0n) is 24.3. The lowest BCUT2D eigenvalue weighted by Gasteiger charge is -2.12. The van der Waals surface area contributed by atoms with E-state index in [9.17, 15) is 0 Å². The molecule has 7 aromatic carbocycles. The normalized spacial score (nSPS) is 12.0. The van der Waals surface area contributed by atoms with Gasteiger partial charge in [0.15, 0.2) is 0 Å². The molecule has 0 radical (unpaired) electrons. The number of nitrogens with zero attached hydrogens (tertiary/aromatic N) is 2. The van der Waals surface area contributed by atoms with Gasteiger partial charge in [0.25, 0.3) is 0 Å². The molecule has 10 rings (SSSR count). The number of fused-ring (bicyclic) bond motifs is 9. The molecule has 0 aliphatic carbocycles. The maximum Gasteiger partial charge on any atom is 0.135 e. The number of rotatable bonds is 3. The fourth-order valence-electron chi connectivity index (χ4n) is 7.31. The Hall–Kier alpha value is -6.06. The SMILES string of the molecule is c1cc(-c2ccc3c4ccccc4n(-c4ccc5oc6ccccc6c5c4)c3c2)cc(-n2c3ccccc3c3ccccc32)c1. The summed E-state index contributed by atoms with van der Waals surface area (Å²) < 4.78 is 10.9. The van der Waals surface area contributed by atoms with E-state index in [0.29, 0.717) is 0 Å². The molecule has 0 saturated heterocycles. The molecule has 0 spiro atoms. The lowest BCUT2D eigenvalue weighted by molar-refractivity contribution is 0.669. The van der Waals surface area contributed by atoms with Crippen LogP contribution in [0.3, 0.4) is 0 Å². The Bertz CT molecular complexity index is 2720. The van der Waals surface area contributed by atoms with Gasteiger partial charge in [-0.1, -0.05) is 97.1 Å². The predicted octanol–water partition coefficient (Wildman–Crippen LogP) is 11.4. The molecule has 0 amide bonds. The molecule has 0 aliphatic rings. The topological polar surface area (TPSA) is 23.0 Å². The molecule has 3 heteroatoms. The highest BCUT2D eigenvalue weighted by molar-refractivity contribution is 6.12. The van der Waals surface area contributed by atoms with Crippen LogP contribution in [0.15, 0.2) is 162 Å². The number of hydrogen-bond acceptors (Lipinski definition) is 1. The largest absolute Gasteiger partial charge is 0.456 e. The van der Waals surface area contributed by atoms with Gasteiger partial charge >= 0.3 is 0 Å². The summed E-state index contributed by atoms with van der Waals surface area (Å²) in [5.74, 6) is 0. The summed E-state index contributed by atoms with van der Waals surface area (Å²) in [4.78, 5) is 0. The molecule has 0 unspecified atom stereocenters. The standard InChI is InChI=1S/C42H26N2O/c1-5-16-37-31(12-1)32-13-2-6-17-38(32)43(37)29-11-9-10-27(24-29)28-20-22-34-33-14-3-7-18-39(33)44(40(34)25-28)30-21-23-42-36(26-30)35-15-4-8-19-41(35)45-42/h1-26H. The second-order valence-electron chi connectivity index (χ2n) is 11.8. The van der Waals surface area contributed by atoms with E-state index in [0.717, 1.165) is 33.3 Å². The van der Waals surface area contributed by atoms with Crippen molar-refractivity contribution < 1.29 is 4.42 Å². The van der Waals surface area contributed by atoms with Gasteiger partial charge in [-0.2, -0.15) is 0 Å². The summed E-state index contributed by atoms with van der Waals surface area (Å²) in [6.45, 7) is 0. The third-order valence-corrected chi connectivity index (χ3v) is 9.31. The van der Waals surface area contributed by atoms with Crippen LogP contribution in [0.25, 0.3) is 88.1 Å². The van der Waals surface area contributed by atoms with Crippen LogP contribution in [0.1, 0.15) is 0 Å². The van der Waals surface area contributed by atoms with Crippen LogP contribution in [0, 0.1) is 0 Å². The Morgan fingerprint density at radius 2 is 0.844 bits per heavy atom. The van der Waals surface area contributed by atoms with Crippen molar-refractivity contribution in [3.05, 3.63) is 158 Å². The first-order chi connectivity index (χ1) is 22.3. The first-order valence-electron chi connectivity index (χ1n) is 15.4. The molecule has 3 nitrogen and oxygen atoms in total. The molecule has 0 aliphatic heterocycles. The Kier molecular flexibility index (Phi) is 5.00. The van der Waals surface area contributed by atoms with Gasteiger partial charge in [-0.25, -0.2) is 0 Å². The van der Waals surface area contributed by atoms with Gasteiger partial charge < -0.3 is 13.6 Å². The van der Waals surface area contributed by atoms with Crippen LogP contribution < -0.4 is 0 Å². The summed E-state index contributed by atoms with van der Waals surface area (Å²) in [6.07, 6.45) is 0. The van der Waals surface area contributed by atoms with E-state index in [1.165, 1.54) is 54.7 Å². The van der Waals surface area contributed by atoms with Gasteiger partial charge in [-0.05, 0) is 71.8 Å². The molecule has 3 heterocycles. The van der Waals surface area contributed by atoms with Crippen molar-refractivity contribution in [2.45, 2.75) is 0 Å². The van der Waals surface area contributed by atoms with Crippen molar-refractivity contribution in [2.24, 2.45) is 0 Å². The highest BCUT2D eigenvalue weighted by atomic mass is 16.3. The Morgan fingerprint density at radius 3 is 1.56 bits per heavy atom. The number of furan rings is 1. The van der Waals surface area contributed by atoms with Crippen LogP contribution in [0.2, 0.25) is 0 Å². The lowest BCUT2D eigenvalue weighted by Crippen LogP contribution is -1.95. The van der Waals surface area contributed by atoms with Crippen LogP contribution in [0.5, 0.6) is 0 Å². The average Bonchev–Trinajstić information content (AvgIpc) is 3.75. The zero-order chi connectivity index (χ0) is 29.5. The van der Waals surface area contributed by atoms with E-state index < -0.39 is 0 Å². The van der Waals surface area contributed by atoms with E-state index >= 15 is 0 Å². The Balaban J connectivity index is 1.19. The summed E-state index contributed by atoms with van der Waals surface area (Å²) in [5.41, 5.74) is 11.3. The fourth-order valence-corrected chi connectivity index (χ4v) is 7.31. The molecule has 210 valence electrons. The monoisotopic (exact) mass is 574 g/mol. The Morgan fingerprint density at radius 1 is 0.311 bits per heavy atom. The molecular weight excluding hydrogens is 548 g/mol. The minimum absolute atomic E-state index is 0.906. The van der Waals surface area contributed by atoms with Crippen molar-refractivity contribution in [3.8, 4) is 22.5 Å². The summed E-state index contributed by atoms with van der Waals surface area (Å²) in [6, 6.07) is 56.7. The quantitative estimate of drug-likeness (QED) is 0.206. The van der Waals surface area contributed by atoms with Crippen molar-refractivity contribution in [1.82, 2.24) is 9.13 Å². The first kappa shape index (κ1) is 24.4. The first-order valence-corrected chi connectivity index (χ1v) is 15.4. The molecule has 10 aromatic rings. The summed E-state index contributed by atoms with van der Waals surface area (Å²) >= 11 is 0. The van der Waals surface area contributed by atoms with E-state index in [4.69, 9.17) is 4.42 Å². The minimum Gasteiger partial charge on any atom is -0.456 e. The summed E-state index contributed by atoms with van der Waals surface area (Å²) in [7, 11) is 0. The smallest absolute Gasteiger partial charge is 0.135 e. The molecular formula is C42H26N2O. The van der Waals surface area contributed by atoms with Gasteiger partial charge in [0.1, 0.15) is 11.2 Å². The lowest BCUT2D eigenvalue weighted by atomic mass is 10.0. The van der Waals surface area contributed by atoms with Gasteiger partial charge in [-0.3, -0.25) is 0 Å². The van der Waals surface area contributed by atoms with E-state index in [1.807, 2.05) is 12.1 Å². The van der Waals surface area contributed by atoms with Gasteiger partial charge in [0, 0.05) is 43.7 Å². The van der Waals surface area contributed by atoms with Crippen molar-refractivity contribution in [2.75, 3.05) is 0 Å². The van der Waals surface area contributed by atoms with Crippen LogP contribution in [-0.2, 0) is 0 Å². The van der Waals surface area contributed by atoms with E-state index in [-0.39, 0.29) is 0 Å². The third-order valence-electron chi connectivity index (χ3n) is 9.31. The van der Waals surface area contributed by atoms with Crippen LogP contribution in [0.4, 0.5) is 0 Å². The van der Waals surface area contributed by atoms with Gasteiger partial charge in [0.05, 0.1) is 22.1 Å². The molecule has 0 saturated carbocycles. The number of aromatic nitrogens is 2. The van der Waals surface area contributed by atoms with Gasteiger partial charge in [0.2, 0.25) is 0 Å². The Labute approximate surface area is 258 Å².